The summed E-state index contributed by atoms with van der Waals surface area (Å²) in [5, 5.41) is 18.4. The summed E-state index contributed by atoms with van der Waals surface area (Å²) in [5.41, 5.74) is -3.54. The zero-order chi connectivity index (χ0) is 15.1. The van der Waals surface area contributed by atoms with Crippen LogP contribution in [0.3, 0.4) is 0 Å². The molecular formula is C13H10Cl2F3NO. The summed E-state index contributed by atoms with van der Waals surface area (Å²) in [6.45, 7) is 0. The van der Waals surface area contributed by atoms with Crippen LogP contribution in [0.2, 0.25) is 10.0 Å². The van der Waals surface area contributed by atoms with Crippen molar-refractivity contribution < 1.29 is 18.3 Å². The highest BCUT2D eigenvalue weighted by Gasteiger charge is 2.61. The fraction of sp³-hybridized carbons (Fsp3) is 0.462. The van der Waals surface area contributed by atoms with Gasteiger partial charge in [0.15, 0.2) is 5.60 Å². The first-order valence-corrected chi connectivity index (χ1v) is 6.66. The van der Waals surface area contributed by atoms with Crippen LogP contribution in [0.15, 0.2) is 12.1 Å². The van der Waals surface area contributed by atoms with E-state index < -0.39 is 28.3 Å². The number of aliphatic hydroxyl groups is 1. The molecule has 1 atom stereocenters. The van der Waals surface area contributed by atoms with Gasteiger partial charge in [-0.3, -0.25) is 0 Å². The Hall–Kier alpha value is -0.960. The van der Waals surface area contributed by atoms with Gasteiger partial charge in [-0.25, -0.2) is 0 Å². The molecular weight excluding hydrogens is 314 g/mol. The smallest absolute Gasteiger partial charge is 0.376 e. The fourth-order valence-electron chi connectivity index (χ4n) is 2.36. The normalized spacial score (nSPS) is 19.1. The molecule has 1 aromatic rings. The van der Waals surface area contributed by atoms with Crippen molar-refractivity contribution in [3.05, 3.63) is 33.3 Å². The van der Waals surface area contributed by atoms with Gasteiger partial charge >= 0.3 is 6.18 Å². The summed E-state index contributed by atoms with van der Waals surface area (Å²) in [4.78, 5) is 0. The summed E-state index contributed by atoms with van der Waals surface area (Å²) in [7, 11) is 0. The zero-order valence-corrected chi connectivity index (χ0v) is 11.6. The van der Waals surface area contributed by atoms with Gasteiger partial charge in [0.05, 0.1) is 15.6 Å². The largest absolute Gasteiger partial charge is 0.421 e. The molecule has 0 saturated heterocycles. The van der Waals surface area contributed by atoms with Crippen LogP contribution in [0.1, 0.15) is 30.4 Å². The monoisotopic (exact) mass is 323 g/mol. The first-order chi connectivity index (χ1) is 9.23. The maximum absolute atomic E-state index is 13.3. The highest BCUT2D eigenvalue weighted by Crippen LogP contribution is 2.53. The lowest BCUT2D eigenvalue weighted by Crippen LogP contribution is -2.51. The lowest BCUT2D eigenvalue weighted by atomic mass is 9.69. The molecule has 1 aliphatic carbocycles. The fourth-order valence-corrected chi connectivity index (χ4v) is 2.88. The van der Waals surface area contributed by atoms with E-state index in [1.54, 1.807) is 6.07 Å². The molecule has 1 saturated carbocycles. The second-order valence-corrected chi connectivity index (χ2v) is 5.55. The van der Waals surface area contributed by atoms with Crippen molar-refractivity contribution in [3.63, 3.8) is 0 Å². The quantitative estimate of drug-likeness (QED) is 0.875. The molecule has 0 radical (unpaired) electrons. The predicted molar refractivity (Wildman–Crippen MR) is 68.5 cm³/mol. The van der Waals surface area contributed by atoms with Crippen LogP contribution in [0.5, 0.6) is 0 Å². The van der Waals surface area contributed by atoms with E-state index in [4.69, 9.17) is 28.5 Å². The Morgan fingerprint density at radius 1 is 1.20 bits per heavy atom. The van der Waals surface area contributed by atoms with E-state index >= 15 is 0 Å². The Morgan fingerprint density at radius 2 is 1.80 bits per heavy atom. The first-order valence-electron chi connectivity index (χ1n) is 5.91. The Morgan fingerprint density at radius 3 is 2.20 bits per heavy atom. The summed E-state index contributed by atoms with van der Waals surface area (Å²) < 4.78 is 40.0. The molecule has 2 nitrogen and oxygen atoms in total. The van der Waals surface area contributed by atoms with Gasteiger partial charge < -0.3 is 5.11 Å². The van der Waals surface area contributed by atoms with Crippen molar-refractivity contribution in [2.45, 2.75) is 31.0 Å². The Labute approximate surface area is 123 Å². The Balaban J connectivity index is 2.62. The van der Waals surface area contributed by atoms with E-state index in [-0.39, 0.29) is 23.4 Å². The number of rotatable bonds is 2. The summed E-state index contributed by atoms with van der Waals surface area (Å²) >= 11 is 11.6. The Bertz CT molecular complexity index is 578. The molecule has 108 valence electrons. The number of hydrogen-bond acceptors (Lipinski definition) is 2. The summed E-state index contributed by atoms with van der Waals surface area (Å²) in [6.07, 6.45) is -3.70. The van der Waals surface area contributed by atoms with Gasteiger partial charge in [-0.05, 0) is 18.9 Å². The topological polar surface area (TPSA) is 44.0 Å². The third-order valence-electron chi connectivity index (χ3n) is 3.74. The van der Waals surface area contributed by atoms with Gasteiger partial charge in [-0.1, -0.05) is 35.7 Å². The third-order valence-corrected chi connectivity index (χ3v) is 4.62. The number of hydrogen-bond donors (Lipinski definition) is 1. The van der Waals surface area contributed by atoms with Crippen LogP contribution >= 0.6 is 23.2 Å². The van der Waals surface area contributed by atoms with Crippen LogP contribution < -0.4 is 0 Å². The molecule has 0 heterocycles. The number of nitriles is 1. The minimum atomic E-state index is -4.86. The molecule has 0 bridgehead atoms. The third kappa shape index (κ3) is 2.16. The average molecular weight is 324 g/mol. The van der Waals surface area contributed by atoms with Crippen LogP contribution in [0.25, 0.3) is 0 Å². The molecule has 1 aliphatic rings. The zero-order valence-electron chi connectivity index (χ0n) is 10.1. The standard InChI is InChI=1S/C13H10Cl2F3NO/c14-10-7(6-19)4-5-9(11(10)15)12(20,13(16,17)18)8-2-1-3-8/h4-5,8,20H,1-3H2. The van der Waals surface area contributed by atoms with E-state index in [0.717, 1.165) is 12.1 Å². The predicted octanol–water partition coefficient (Wildman–Crippen LogP) is 4.42. The Kier molecular flexibility index (Phi) is 3.94. The second kappa shape index (κ2) is 5.10. The van der Waals surface area contributed by atoms with Crippen LogP contribution in [-0.4, -0.2) is 11.3 Å². The molecule has 0 aliphatic heterocycles. The lowest BCUT2D eigenvalue weighted by molar-refractivity contribution is -0.295. The van der Waals surface area contributed by atoms with Crippen LogP contribution in [0, 0.1) is 17.2 Å². The minimum Gasteiger partial charge on any atom is -0.376 e. The molecule has 1 aromatic carbocycles. The molecule has 1 N–H and O–H groups in total. The van der Waals surface area contributed by atoms with Crippen molar-refractivity contribution in [2.24, 2.45) is 5.92 Å². The second-order valence-electron chi connectivity index (χ2n) is 4.79. The van der Waals surface area contributed by atoms with Crippen molar-refractivity contribution in [1.29, 1.82) is 5.26 Å². The van der Waals surface area contributed by atoms with E-state index in [1.165, 1.54) is 0 Å². The van der Waals surface area contributed by atoms with Gasteiger partial charge in [-0.2, -0.15) is 18.4 Å². The number of halogens is 5. The molecule has 1 unspecified atom stereocenters. The van der Waals surface area contributed by atoms with Crippen molar-refractivity contribution in [2.75, 3.05) is 0 Å². The molecule has 0 spiro atoms. The summed E-state index contributed by atoms with van der Waals surface area (Å²) in [5.74, 6) is -0.941. The van der Waals surface area contributed by atoms with Crippen LogP contribution in [-0.2, 0) is 5.60 Å². The molecule has 20 heavy (non-hydrogen) atoms. The van der Waals surface area contributed by atoms with Gasteiger partial charge in [-0.15, -0.1) is 0 Å². The first kappa shape index (κ1) is 15.4. The SMILES string of the molecule is N#Cc1ccc(C(O)(C2CCC2)C(F)(F)F)c(Cl)c1Cl. The van der Waals surface area contributed by atoms with Gasteiger partial charge in [0.2, 0.25) is 0 Å². The molecule has 7 heteroatoms. The van der Waals surface area contributed by atoms with Crippen LogP contribution in [0.4, 0.5) is 13.2 Å². The van der Waals surface area contributed by atoms with E-state index in [0.29, 0.717) is 6.42 Å². The molecule has 2 rings (SSSR count). The maximum atomic E-state index is 13.3. The van der Waals surface area contributed by atoms with E-state index in [9.17, 15) is 18.3 Å². The summed E-state index contributed by atoms with van der Waals surface area (Å²) in [6, 6.07) is 3.90. The van der Waals surface area contributed by atoms with Crippen molar-refractivity contribution >= 4 is 23.2 Å². The molecule has 0 aromatic heterocycles. The molecule has 1 fully saturated rings. The highest BCUT2D eigenvalue weighted by molar-refractivity contribution is 6.43. The van der Waals surface area contributed by atoms with Crippen molar-refractivity contribution in [1.82, 2.24) is 0 Å². The van der Waals surface area contributed by atoms with Gasteiger partial charge in [0.1, 0.15) is 6.07 Å². The number of benzene rings is 1. The number of alkyl halides is 3. The van der Waals surface area contributed by atoms with Crippen molar-refractivity contribution in [3.8, 4) is 6.07 Å². The minimum absolute atomic E-state index is 0.0291. The van der Waals surface area contributed by atoms with Gasteiger partial charge in [0.25, 0.3) is 0 Å². The average Bonchev–Trinajstić information content (AvgIpc) is 2.28. The van der Waals surface area contributed by atoms with E-state index in [2.05, 4.69) is 0 Å². The lowest BCUT2D eigenvalue weighted by Gasteiger charge is -2.43. The maximum Gasteiger partial charge on any atom is 0.421 e. The number of nitrogens with zero attached hydrogens (tertiary/aromatic N) is 1. The van der Waals surface area contributed by atoms with Gasteiger partial charge in [0, 0.05) is 11.5 Å². The van der Waals surface area contributed by atoms with E-state index in [1.807, 2.05) is 0 Å². The highest BCUT2D eigenvalue weighted by atomic mass is 35.5. The molecule has 0 amide bonds.